The number of aliphatic hydroxyl groups is 2. The summed E-state index contributed by atoms with van der Waals surface area (Å²) >= 11 is 0. The number of nitrogens with one attached hydrogen (secondary N) is 2. The normalized spacial score (nSPS) is 20.4. The van der Waals surface area contributed by atoms with Gasteiger partial charge >= 0.3 is 0 Å². The van der Waals surface area contributed by atoms with Crippen LogP contribution in [0, 0.1) is 0 Å². The number of aliphatic hydroxyl groups excluding tert-OH is 2. The lowest BCUT2D eigenvalue weighted by Crippen LogP contribution is -2.52. The number of carbonyl (C=O) groups is 2. The monoisotopic (exact) mass is 416 g/mol. The lowest BCUT2D eigenvalue weighted by molar-refractivity contribution is -0.162. The quantitative estimate of drug-likeness (QED) is 0.592. The molecule has 1 fully saturated rings. The molecule has 0 radical (unpaired) electrons. The molecule has 2 amide bonds. The molecule has 1 saturated heterocycles. The minimum Gasteiger partial charge on any atom is -0.462 e. The number of para-hydroxylation sites is 1. The van der Waals surface area contributed by atoms with Crippen LogP contribution in [-0.2, 0) is 14.3 Å². The Morgan fingerprint density at radius 1 is 1.07 bits per heavy atom. The van der Waals surface area contributed by atoms with Crippen LogP contribution in [0.15, 0.2) is 48.5 Å². The van der Waals surface area contributed by atoms with E-state index in [2.05, 4.69) is 10.6 Å². The van der Waals surface area contributed by atoms with E-state index in [1.54, 1.807) is 0 Å². The van der Waals surface area contributed by atoms with Crippen LogP contribution < -0.4 is 15.4 Å². The number of amides is 2. The average molecular weight is 416 g/mol. The Hall–Kier alpha value is -2.94. The van der Waals surface area contributed by atoms with Crippen LogP contribution in [0.2, 0.25) is 0 Å². The zero-order chi connectivity index (χ0) is 22.1. The predicted octanol–water partition coefficient (Wildman–Crippen LogP) is 1.91. The maximum Gasteiger partial charge on any atom is 0.221 e. The highest BCUT2D eigenvalue weighted by Gasteiger charge is 2.33. The number of benzene rings is 2. The van der Waals surface area contributed by atoms with E-state index in [-0.39, 0.29) is 18.4 Å². The molecule has 0 saturated carbocycles. The zero-order valence-corrected chi connectivity index (χ0v) is 17.3. The Labute approximate surface area is 175 Å². The van der Waals surface area contributed by atoms with Crippen LogP contribution in [0.5, 0.6) is 5.75 Å². The van der Waals surface area contributed by atoms with Gasteiger partial charge in [0.15, 0.2) is 0 Å². The molecule has 162 valence electrons. The van der Waals surface area contributed by atoms with E-state index < -0.39 is 18.4 Å². The summed E-state index contributed by atoms with van der Waals surface area (Å²) in [6, 6.07) is 14.5. The summed E-state index contributed by atoms with van der Waals surface area (Å²) in [5.74, 6) is 0.223. The second-order valence-electron chi connectivity index (χ2n) is 6.77. The summed E-state index contributed by atoms with van der Waals surface area (Å²) in [5.41, 5.74) is 2.38. The predicted molar refractivity (Wildman–Crippen MR) is 113 cm³/mol. The minimum absolute atomic E-state index is 0.140. The molecule has 0 aromatic heterocycles. The van der Waals surface area contributed by atoms with Gasteiger partial charge in [-0.1, -0.05) is 30.3 Å². The van der Waals surface area contributed by atoms with E-state index in [1.807, 2.05) is 48.5 Å². The highest BCUT2D eigenvalue weighted by molar-refractivity contribution is 5.89. The Balaban J connectivity index is 0.00000155. The van der Waals surface area contributed by atoms with Crippen molar-refractivity contribution in [3.8, 4) is 16.9 Å². The third kappa shape index (κ3) is 6.55. The van der Waals surface area contributed by atoms with Crippen molar-refractivity contribution in [3.05, 3.63) is 48.5 Å². The number of rotatable bonds is 5. The molecule has 2 aromatic rings. The Kier molecular flexibility index (Phi) is 8.79. The van der Waals surface area contributed by atoms with Gasteiger partial charge in [0.25, 0.3) is 0 Å². The topological polar surface area (TPSA) is 117 Å². The number of ether oxygens (including phenoxy) is 2. The molecule has 0 bridgehead atoms. The molecule has 30 heavy (non-hydrogen) atoms. The Bertz CT molecular complexity index is 857. The second-order valence-corrected chi connectivity index (χ2v) is 6.77. The van der Waals surface area contributed by atoms with Crippen LogP contribution in [-0.4, -0.2) is 54.2 Å². The van der Waals surface area contributed by atoms with Crippen LogP contribution in [0.25, 0.3) is 11.1 Å². The molecule has 3 atom stereocenters. The third-order valence-electron chi connectivity index (χ3n) is 4.32. The summed E-state index contributed by atoms with van der Waals surface area (Å²) < 4.78 is 11.7. The molecule has 8 heteroatoms. The van der Waals surface area contributed by atoms with E-state index >= 15 is 0 Å². The first-order chi connectivity index (χ1) is 14.4. The maximum atomic E-state index is 11.5. The first-order valence-corrected chi connectivity index (χ1v) is 9.57. The van der Waals surface area contributed by atoms with Gasteiger partial charge in [0.05, 0.1) is 18.8 Å². The summed E-state index contributed by atoms with van der Waals surface area (Å²) in [6.45, 7) is 3.02. The van der Waals surface area contributed by atoms with Crippen molar-refractivity contribution in [1.82, 2.24) is 5.32 Å². The fourth-order valence-electron chi connectivity index (χ4n) is 3.20. The van der Waals surface area contributed by atoms with E-state index in [0.717, 1.165) is 18.2 Å². The molecule has 3 rings (SSSR count). The zero-order valence-electron chi connectivity index (χ0n) is 17.3. The van der Waals surface area contributed by atoms with Crippen molar-refractivity contribution >= 4 is 17.5 Å². The first-order valence-electron chi connectivity index (χ1n) is 9.57. The van der Waals surface area contributed by atoms with Crippen LogP contribution in [0.4, 0.5) is 5.69 Å². The first kappa shape index (κ1) is 23.3. The van der Waals surface area contributed by atoms with Gasteiger partial charge in [-0.2, -0.15) is 0 Å². The highest BCUT2D eigenvalue weighted by atomic mass is 16.7. The summed E-state index contributed by atoms with van der Waals surface area (Å²) in [4.78, 5) is 22.8. The fraction of sp³-hybridized carbons (Fsp3) is 0.364. The van der Waals surface area contributed by atoms with Crippen molar-refractivity contribution in [2.45, 2.75) is 38.7 Å². The Morgan fingerprint density at radius 3 is 2.50 bits per heavy atom. The van der Waals surface area contributed by atoms with E-state index in [9.17, 15) is 14.7 Å². The van der Waals surface area contributed by atoms with Gasteiger partial charge in [0.1, 0.15) is 5.75 Å². The number of hydrogen-bond donors (Lipinski definition) is 4. The lowest BCUT2D eigenvalue weighted by Gasteiger charge is -2.34. The lowest BCUT2D eigenvalue weighted by atomic mass is 10.0. The number of carbonyl (C=O) groups excluding carboxylic acids is 2. The van der Waals surface area contributed by atoms with Crippen LogP contribution >= 0.6 is 0 Å². The highest BCUT2D eigenvalue weighted by Crippen LogP contribution is 2.33. The molecule has 1 heterocycles. The van der Waals surface area contributed by atoms with Gasteiger partial charge in [-0.25, -0.2) is 0 Å². The molecule has 8 nitrogen and oxygen atoms in total. The van der Waals surface area contributed by atoms with Gasteiger partial charge < -0.3 is 30.3 Å². The summed E-state index contributed by atoms with van der Waals surface area (Å²) in [6.07, 6.45) is -1.02. The van der Waals surface area contributed by atoms with Crippen LogP contribution in [0.3, 0.4) is 0 Å². The van der Waals surface area contributed by atoms with Crippen molar-refractivity contribution in [3.63, 3.8) is 0 Å². The van der Waals surface area contributed by atoms with Crippen molar-refractivity contribution in [2.24, 2.45) is 0 Å². The van der Waals surface area contributed by atoms with E-state index in [1.165, 1.54) is 13.8 Å². The molecule has 1 aliphatic heterocycles. The largest absolute Gasteiger partial charge is 0.462 e. The van der Waals surface area contributed by atoms with Crippen molar-refractivity contribution in [2.75, 3.05) is 19.0 Å². The minimum atomic E-state index is -0.716. The third-order valence-corrected chi connectivity index (χ3v) is 4.32. The Morgan fingerprint density at radius 2 is 1.80 bits per heavy atom. The molecule has 1 aliphatic rings. The fourth-order valence-corrected chi connectivity index (χ4v) is 3.20. The van der Waals surface area contributed by atoms with Gasteiger partial charge in [-0.15, -0.1) is 0 Å². The van der Waals surface area contributed by atoms with Crippen LogP contribution in [0.1, 0.15) is 20.3 Å². The molecular weight excluding hydrogens is 388 g/mol. The van der Waals surface area contributed by atoms with Crippen molar-refractivity contribution in [1.29, 1.82) is 0 Å². The van der Waals surface area contributed by atoms with Gasteiger partial charge in [0, 0.05) is 38.6 Å². The molecule has 1 unspecified atom stereocenters. The average Bonchev–Trinajstić information content (AvgIpc) is 2.71. The molecular formula is C22H28N2O6. The van der Waals surface area contributed by atoms with E-state index in [4.69, 9.17) is 14.6 Å². The molecule has 0 spiro atoms. The number of anilines is 1. The smallest absolute Gasteiger partial charge is 0.221 e. The second kappa shape index (κ2) is 11.3. The summed E-state index contributed by atoms with van der Waals surface area (Å²) in [5, 5.41) is 22.4. The van der Waals surface area contributed by atoms with E-state index in [0.29, 0.717) is 17.9 Å². The standard InChI is InChI=1S/C21H24N2O5.CH4O/c1-13(24)22-16-7-5-6-15(10-16)18-8-3-4-9-20(18)28-21-19(23-14(2)25)11-17(26)12-27-21;1-2/h3-10,17,19,21,26H,11-12H2,1-2H3,(H,22,24)(H,23,25);2H,1H3/t17-,19?,21+;/m1./s1. The maximum absolute atomic E-state index is 11.5. The molecule has 0 aliphatic carbocycles. The van der Waals surface area contributed by atoms with Gasteiger partial charge in [-0.3, -0.25) is 9.59 Å². The number of hydrogen-bond acceptors (Lipinski definition) is 6. The summed E-state index contributed by atoms with van der Waals surface area (Å²) in [7, 11) is 1.00. The van der Waals surface area contributed by atoms with Gasteiger partial charge in [0.2, 0.25) is 18.1 Å². The molecule has 2 aromatic carbocycles. The molecule has 4 N–H and O–H groups in total. The van der Waals surface area contributed by atoms with Crippen molar-refractivity contribution < 1.29 is 29.3 Å². The SMILES string of the molecule is CC(=O)Nc1cccc(-c2ccccc2O[C@@H]2OC[C@H](O)CC2NC(C)=O)c1.CO. The van der Waals surface area contributed by atoms with Gasteiger partial charge in [-0.05, 0) is 23.8 Å².